The maximum atomic E-state index is 13.3. The van der Waals surface area contributed by atoms with E-state index in [9.17, 15) is 13.6 Å². The van der Waals surface area contributed by atoms with Crippen LogP contribution in [-0.2, 0) is 16.0 Å². The third-order valence-electron chi connectivity index (χ3n) is 2.66. The summed E-state index contributed by atoms with van der Waals surface area (Å²) in [5.74, 6) is -1.32. The highest BCUT2D eigenvalue weighted by atomic mass is 19.1. The molecule has 0 amide bonds. The molecule has 0 aliphatic heterocycles. The Hall–Kier alpha value is -1.49. The van der Waals surface area contributed by atoms with E-state index in [1.807, 2.05) is 0 Å². The first-order valence-electron chi connectivity index (χ1n) is 5.64. The van der Waals surface area contributed by atoms with E-state index in [0.717, 1.165) is 18.2 Å². The van der Waals surface area contributed by atoms with E-state index in [0.29, 0.717) is 13.0 Å². The molecule has 1 N–H and O–H groups in total. The molecule has 1 aromatic rings. The maximum Gasteiger partial charge on any atom is 0.325 e. The van der Waals surface area contributed by atoms with Gasteiger partial charge in [0.25, 0.3) is 0 Å². The second-order valence-electron chi connectivity index (χ2n) is 4.53. The lowest BCUT2D eigenvalue weighted by Gasteiger charge is -2.23. The number of rotatable bonds is 5. The molecule has 0 aliphatic carbocycles. The SMILES string of the molecule is COC(=O)C(C)(C)NCCc1cc(F)ccc1F. The van der Waals surface area contributed by atoms with Gasteiger partial charge in [0.1, 0.15) is 17.2 Å². The van der Waals surface area contributed by atoms with E-state index >= 15 is 0 Å². The Morgan fingerprint density at radius 3 is 2.67 bits per heavy atom. The summed E-state index contributed by atoms with van der Waals surface area (Å²) < 4.78 is 30.9. The number of benzene rings is 1. The molecule has 1 rings (SSSR count). The number of nitrogens with one attached hydrogen (secondary N) is 1. The fourth-order valence-corrected chi connectivity index (χ4v) is 1.57. The van der Waals surface area contributed by atoms with Crippen LogP contribution in [0.4, 0.5) is 8.78 Å². The van der Waals surface area contributed by atoms with Crippen molar-refractivity contribution in [3.05, 3.63) is 35.4 Å². The van der Waals surface area contributed by atoms with Gasteiger partial charge in [-0.05, 0) is 44.0 Å². The first-order valence-corrected chi connectivity index (χ1v) is 5.64. The number of carbonyl (C=O) groups excluding carboxylic acids is 1. The molecule has 0 aromatic heterocycles. The number of methoxy groups -OCH3 is 1. The minimum Gasteiger partial charge on any atom is -0.468 e. The molecule has 1 aromatic carbocycles. The molecular weight excluding hydrogens is 240 g/mol. The summed E-state index contributed by atoms with van der Waals surface area (Å²) in [4.78, 5) is 11.4. The van der Waals surface area contributed by atoms with Crippen LogP contribution in [0, 0.1) is 11.6 Å². The van der Waals surface area contributed by atoms with Gasteiger partial charge in [0.2, 0.25) is 0 Å². The molecule has 0 aliphatic rings. The zero-order valence-electron chi connectivity index (χ0n) is 10.7. The second kappa shape index (κ2) is 5.91. The van der Waals surface area contributed by atoms with E-state index in [1.165, 1.54) is 7.11 Å². The topological polar surface area (TPSA) is 38.3 Å². The molecule has 0 saturated carbocycles. The molecule has 3 nitrogen and oxygen atoms in total. The third-order valence-corrected chi connectivity index (χ3v) is 2.66. The molecule has 0 fully saturated rings. The summed E-state index contributed by atoms with van der Waals surface area (Å²) in [6.45, 7) is 3.68. The van der Waals surface area contributed by atoms with Crippen LogP contribution in [-0.4, -0.2) is 25.2 Å². The molecule has 0 saturated heterocycles. The van der Waals surface area contributed by atoms with Gasteiger partial charge in [-0.1, -0.05) is 0 Å². The molecule has 5 heteroatoms. The van der Waals surface area contributed by atoms with E-state index in [1.54, 1.807) is 13.8 Å². The van der Waals surface area contributed by atoms with Crippen LogP contribution in [0.5, 0.6) is 0 Å². The third kappa shape index (κ3) is 3.77. The van der Waals surface area contributed by atoms with Crippen molar-refractivity contribution in [2.75, 3.05) is 13.7 Å². The van der Waals surface area contributed by atoms with Gasteiger partial charge >= 0.3 is 5.97 Å². The van der Waals surface area contributed by atoms with Gasteiger partial charge in [-0.15, -0.1) is 0 Å². The summed E-state index contributed by atoms with van der Waals surface area (Å²) in [6.07, 6.45) is 0.296. The smallest absolute Gasteiger partial charge is 0.325 e. The molecule has 0 bridgehead atoms. The standard InChI is InChI=1S/C13H17F2NO2/c1-13(2,12(17)18-3)16-7-6-9-8-10(14)4-5-11(9)15/h4-5,8,16H,6-7H2,1-3H3. The minimum absolute atomic E-state index is 0.281. The molecule has 0 heterocycles. The lowest BCUT2D eigenvalue weighted by molar-refractivity contribution is -0.147. The summed E-state index contributed by atoms with van der Waals surface area (Å²) >= 11 is 0. The van der Waals surface area contributed by atoms with Crippen LogP contribution < -0.4 is 5.32 Å². The molecule has 18 heavy (non-hydrogen) atoms. The highest BCUT2D eigenvalue weighted by Gasteiger charge is 2.27. The van der Waals surface area contributed by atoms with Crippen molar-refractivity contribution in [2.45, 2.75) is 25.8 Å². The Morgan fingerprint density at radius 2 is 2.06 bits per heavy atom. The van der Waals surface area contributed by atoms with Gasteiger partial charge in [-0.25, -0.2) is 8.78 Å². The highest BCUT2D eigenvalue weighted by molar-refractivity contribution is 5.79. The fraction of sp³-hybridized carbons (Fsp3) is 0.462. The van der Waals surface area contributed by atoms with E-state index in [4.69, 9.17) is 0 Å². The summed E-state index contributed by atoms with van der Waals surface area (Å²) in [7, 11) is 1.30. The number of halogens is 2. The predicted molar refractivity (Wildman–Crippen MR) is 64.2 cm³/mol. The Bertz CT molecular complexity index is 433. The van der Waals surface area contributed by atoms with Crippen molar-refractivity contribution in [2.24, 2.45) is 0 Å². The Morgan fingerprint density at radius 1 is 1.39 bits per heavy atom. The number of hydrogen-bond acceptors (Lipinski definition) is 3. The highest BCUT2D eigenvalue weighted by Crippen LogP contribution is 2.11. The van der Waals surface area contributed by atoms with Gasteiger partial charge < -0.3 is 10.1 Å². The first kappa shape index (κ1) is 14.6. The van der Waals surface area contributed by atoms with Crippen LogP contribution in [0.15, 0.2) is 18.2 Å². The van der Waals surface area contributed by atoms with Crippen molar-refractivity contribution in [1.29, 1.82) is 0 Å². The van der Waals surface area contributed by atoms with E-state index in [2.05, 4.69) is 10.1 Å². The minimum atomic E-state index is -0.849. The summed E-state index contributed by atoms with van der Waals surface area (Å²) in [5.41, 5.74) is -0.568. The molecule has 100 valence electrons. The average Bonchev–Trinajstić information content (AvgIpc) is 2.32. The van der Waals surface area contributed by atoms with Crippen LogP contribution in [0.1, 0.15) is 19.4 Å². The van der Waals surface area contributed by atoms with Gasteiger partial charge in [-0.2, -0.15) is 0 Å². The first-order chi connectivity index (χ1) is 8.36. The number of hydrogen-bond donors (Lipinski definition) is 1. The Kier molecular flexibility index (Phi) is 4.78. The van der Waals surface area contributed by atoms with Gasteiger partial charge in [0, 0.05) is 6.54 Å². The second-order valence-corrected chi connectivity index (χ2v) is 4.53. The van der Waals surface area contributed by atoms with E-state index in [-0.39, 0.29) is 5.56 Å². The van der Waals surface area contributed by atoms with Crippen molar-refractivity contribution in [1.82, 2.24) is 5.32 Å². The number of esters is 1. The fourth-order valence-electron chi connectivity index (χ4n) is 1.57. The Balaban J connectivity index is 2.56. The maximum absolute atomic E-state index is 13.3. The van der Waals surface area contributed by atoms with Crippen molar-refractivity contribution in [3.8, 4) is 0 Å². The van der Waals surface area contributed by atoms with Crippen LogP contribution in [0.25, 0.3) is 0 Å². The lowest BCUT2D eigenvalue weighted by atomic mass is 10.1. The monoisotopic (exact) mass is 257 g/mol. The quantitative estimate of drug-likeness (QED) is 0.820. The normalized spacial score (nSPS) is 11.4. The summed E-state index contributed by atoms with van der Waals surface area (Å²) in [5, 5.41) is 2.94. The summed E-state index contributed by atoms with van der Waals surface area (Å²) in [6, 6.07) is 3.32. The molecular formula is C13H17F2NO2. The van der Waals surface area contributed by atoms with Crippen LogP contribution in [0.3, 0.4) is 0 Å². The predicted octanol–water partition coefficient (Wildman–Crippen LogP) is 2.05. The molecule has 0 atom stereocenters. The molecule has 0 radical (unpaired) electrons. The number of ether oxygens (including phenoxy) is 1. The van der Waals surface area contributed by atoms with Crippen molar-refractivity contribution in [3.63, 3.8) is 0 Å². The van der Waals surface area contributed by atoms with Crippen molar-refractivity contribution < 1.29 is 18.3 Å². The Labute approximate surface area is 105 Å². The van der Waals surface area contributed by atoms with Crippen LogP contribution in [0.2, 0.25) is 0 Å². The van der Waals surface area contributed by atoms with Crippen LogP contribution >= 0.6 is 0 Å². The zero-order chi connectivity index (χ0) is 13.8. The number of carbonyl (C=O) groups is 1. The largest absolute Gasteiger partial charge is 0.468 e. The van der Waals surface area contributed by atoms with Gasteiger partial charge in [-0.3, -0.25) is 4.79 Å². The van der Waals surface area contributed by atoms with E-state index < -0.39 is 23.1 Å². The van der Waals surface area contributed by atoms with Gasteiger partial charge in [0.15, 0.2) is 0 Å². The molecule has 0 unspecified atom stereocenters. The van der Waals surface area contributed by atoms with Crippen molar-refractivity contribution >= 4 is 5.97 Å². The zero-order valence-corrected chi connectivity index (χ0v) is 10.7. The van der Waals surface area contributed by atoms with Gasteiger partial charge in [0.05, 0.1) is 7.11 Å². The molecule has 0 spiro atoms. The average molecular weight is 257 g/mol. The lowest BCUT2D eigenvalue weighted by Crippen LogP contribution is -2.48.